The standard InChI is InChI=1S/C19H17NO2/c1-13-6-7-15(18-5-3-2-4-17(13)18)12-22-16-10-8-14(9-11-16)19(20)21/h2-11H,12H2,1H3,(H2,20,21). The molecular weight excluding hydrogens is 274 g/mol. The molecule has 0 saturated carbocycles. The Balaban J connectivity index is 1.82. The SMILES string of the molecule is Cc1ccc(COc2ccc(C(N)=O)cc2)c2ccccc12. The van der Waals surface area contributed by atoms with E-state index in [0.29, 0.717) is 12.2 Å². The van der Waals surface area contributed by atoms with E-state index in [1.165, 1.54) is 16.3 Å². The Morgan fingerprint density at radius 1 is 0.955 bits per heavy atom. The van der Waals surface area contributed by atoms with Gasteiger partial charge in [0.05, 0.1) is 0 Å². The minimum absolute atomic E-state index is 0.434. The number of primary amides is 1. The van der Waals surface area contributed by atoms with Crippen molar-refractivity contribution in [2.24, 2.45) is 5.73 Å². The van der Waals surface area contributed by atoms with Crippen molar-refractivity contribution in [3.8, 4) is 5.75 Å². The number of fused-ring (bicyclic) bond motifs is 1. The normalized spacial score (nSPS) is 10.6. The summed E-state index contributed by atoms with van der Waals surface area (Å²) in [6.07, 6.45) is 0. The van der Waals surface area contributed by atoms with Gasteiger partial charge >= 0.3 is 0 Å². The van der Waals surface area contributed by atoms with Gasteiger partial charge in [0.25, 0.3) is 0 Å². The van der Waals surface area contributed by atoms with Crippen LogP contribution < -0.4 is 10.5 Å². The molecule has 3 heteroatoms. The second-order valence-electron chi connectivity index (χ2n) is 5.26. The molecule has 0 bridgehead atoms. The molecule has 0 saturated heterocycles. The Morgan fingerprint density at radius 2 is 1.64 bits per heavy atom. The maximum atomic E-state index is 11.1. The van der Waals surface area contributed by atoms with Gasteiger partial charge in [-0.05, 0) is 53.1 Å². The molecule has 1 amide bonds. The van der Waals surface area contributed by atoms with Gasteiger partial charge in [0.1, 0.15) is 12.4 Å². The van der Waals surface area contributed by atoms with Crippen LogP contribution in [0.2, 0.25) is 0 Å². The fourth-order valence-corrected chi connectivity index (χ4v) is 2.51. The number of hydrogen-bond acceptors (Lipinski definition) is 2. The summed E-state index contributed by atoms with van der Waals surface area (Å²) >= 11 is 0. The van der Waals surface area contributed by atoms with Crippen LogP contribution in [-0.4, -0.2) is 5.91 Å². The van der Waals surface area contributed by atoms with E-state index in [2.05, 4.69) is 31.2 Å². The van der Waals surface area contributed by atoms with Crippen LogP contribution >= 0.6 is 0 Å². The third kappa shape index (κ3) is 2.79. The molecule has 0 aromatic heterocycles. The average molecular weight is 291 g/mol. The molecule has 3 aromatic rings. The van der Waals surface area contributed by atoms with Crippen LogP contribution in [0, 0.1) is 6.92 Å². The molecule has 2 N–H and O–H groups in total. The highest BCUT2D eigenvalue weighted by atomic mass is 16.5. The van der Waals surface area contributed by atoms with Crippen molar-refractivity contribution in [3.63, 3.8) is 0 Å². The summed E-state index contributed by atoms with van der Waals surface area (Å²) in [6.45, 7) is 2.59. The van der Waals surface area contributed by atoms with Gasteiger partial charge in [0, 0.05) is 5.56 Å². The Kier molecular flexibility index (Phi) is 3.79. The molecule has 0 spiro atoms. The lowest BCUT2D eigenvalue weighted by Gasteiger charge is -2.11. The summed E-state index contributed by atoms with van der Waals surface area (Å²) in [7, 11) is 0. The van der Waals surface area contributed by atoms with Gasteiger partial charge in [-0.3, -0.25) is 4.79 Å². The van der Waals surface area contributed by atoms with Crippen molar-refractivity contribution in [1.29, 1.82) is 0 Å². The number of hydrogen-bond donors (Lipinski definition) is 1. The number of amides is 1. The lowest BCUT2D eigenvalue weighted by atomic mass is 10.0. The highest BCUT2D eigenvalue weighted by molar-refractivity contribution is 5.92. The molecule has 0 aliphatic heterocycles. The minimum Gasteiger partial charge on any atom is -0.489 e. The number of carbonyl (C=O) groups is 1. The lowest BCUT2D eigenvalue weighted by molar-refractivity contribution is 0.100. The maximum absolute atomic E-state index is 11.1. The van der Waals surface area contributed by atoms with E-state index in [9.17, 15) is 4.79 Å². The van der Waals surface area contributed by atoms with Crippen LogP contribution in [0.4, 0.5) is 0 Å². The zero-order chi connectivity index (χ0) is 15.5. The molecule has 3 aromatic carbocycles. The van der Waals surface area contributed by atoms with E-state index < -0.39 is 5.91 Å². The predicted molar refractivity (Wildman–Crippen MR) is 88.0 cm³/mol. The van der Waals surface area contributed by atoms with Crippen molar-refractivity contribution in [2.75, 3.05) is 0 Å². The molecule has 0 heterocycles. The van der Waals surface area contributed by atoms with Crippen LogP contribution in [0.5, 0.6) is 5.75 Å². The first-order valence-corrected chi connectivity index (χ1v) is 7.15. The van der Waals surface area contributed by atoms with Gasteiger partial charge in [0.2, 0.25) is 5.91 Å². The van der Waals surface area contributed by atoms with E-state index >= 15 is 0 Å². The van der Waals surface area contributed by atoms with E-state index in [0.717, 1.165) is 11.3 Å². The highest BCUT2D eigenvalue weighted by Crippen LogP contribution is 2.23. The first kappa shape index (κ1) is 14.1. The first-order valence-electron chi connectivity index (χ1n) is 7.15. The molecule has 0 aliphatic rings. The van der Waals surface area contributed by atoms with Gasteiger partial charge in [0.15, 0.2) is 0 Å². The average Bonchev–Trinajstić information content (AvgIpc) is 2.55. The predicted octanol–water partition coefficient (Wildman–Crippen LogP) is 3.83. The first-order chi connectivity index (χ1) is 10.6. The summed E-state index contributed by atoms with van der Waals surface area (Å²) in [5.41, 5.74) is 8.10. The van der Waals surface area contributed by atoms with E-state index in [1.54, 1.807) is 24.3 Å². The van der Waals surface area contributed by atoms with Crippen LogP contribution in [0.15, 0.2) is 60.7 Å². The number of aryl methyl sites for hydroxylation is 1. The van der Waals surface area contributed by atoms with Crippen LogP contribution in [0.25, 0.3) is 10.8 Å². The number of rotatable bonds is 4. The van der Waals surface area contributed by atoms with Crippen molar-refractivity contribution in [3.05, 3.63) is 77.4 Å². The molecule has 0 unspecified atom stereocenters. The summed E-state index contributed by atoms with van der Waals surface area (Å²) in [5, 5.41) is 2.45. The van der Waals surface area contributed by atoms with Crippen molar-refractivity contribution < 1.29 is 9.53 Å². The van der Waals surface area contributed by atoms with E-state index in [-0.39, 0.29) is 0 Å². The molecule has 0 radical (unpaired) electrons. The second-order valence-corrected chi connectivity index (χ2v) is 5.26. The third-order valence-corrected chi connectivity index (χ3v) is 3.77. The minimum atomic E-state index is -0.434. The molecule has 22 heavy (non-hydrogen) atoms. The molecule has 0 atom stereocenters. The van der Waals surface area contributed by atoms with E-state index in [1.807, 2.05) is 12.1 Å². The summed E-state index contributed by atoms with van der Waals surface area (Å²) in [4.78, 5) is 11.1. The summed E-state index contributed by atoms with van der Waals surface area (Å²) in [5.74, 6) is 0.283. The third-order valence-electron chi connectivity index (χ3n) is 3.77. The topological polar surface area (TPSA) is 52.3 Å². The molecule has 110 valence electrons. The molecule has 0 aliphatic carbocycles. The lowest BCUT2D eigenvalue weighted by Crippen LogP contribution is -2.10. The van der Waals surface area contributed by atoms with Crippen molar-refractivity contribution in [2.45, 2.75) is 13.5 Å². The molecular formula is C19H17NO2. The van der Waals surface area contributed by atoms with Crippen LogP contribution in [0.3, 0.4) is 0 Å². The van der Waals surface area contributed by atoms with E-state index in [4.69, 9.17) is 10.5 Å². The van der Waals surface area contributed by atoms with Gasteiger partial charge < -0.3 is 10.5 Å². The quantitative estimate of drug-likeness (QED) is 0.794. The molecule has 3 nitrogen and oxygen atoms in total. The van der Waals surface area contributed by atoms with Crippen molar-refractivity contribution >= 4 is 16.7 Å². The number of benzene rings is 3. The number of carbonyl (C=O) groups excluding carboxylic acids is 1. The van der Waals surface area contributed by atoms with Gasteiger partial charge in [-0.1, -0.05) is 36.4 Å². The Labute approximate surface area is 129 Å². The molecule has 0 fully saturated rings. The Morgan fingerprint density at radius 3 is 2.32 bits per heavy atom. The maximum Gasteiger partial charge on any atom is 0.248 e. The van der Waals surface area contributed by atoms with Crippen LogP contribution in [-0.2, 0) is 6.61 Å². The highest BCUT2D eigenvalue weighted by Gasteiger charge is 2.05. The smallest absolute Gasteiger partial charge is 0.248 e. The van der Waals surface area contributed by atoms with Gasteiger partial charge in [-0.25, -0.2) is 0 Å². The fourth-order valence-electron chi connectivity index (χ4n) is 2.51. The largest absolute Gasteiger partial charge is 0.489 e. The molecule has 3 rings (SSSR count). The van der Waals surface area contributed by atoms with Crippen molar-refractivity contribution in [1.82, 2.24) is 0 Å². The number of ether oxygens (including phenoxy) is 1. The summed E-state index contributed by atoms with van der Waals surface area (Å²) in [6, 6.07) is 19.4. The van der Waals surface area contributed by atoms with Crippen LogP contribution in [0.1, 0.15) is 21.5 Å². The van der Waals surface area contributed by atoms with Gasteiger partial charge in [-0.2, -0.15) is 0 Å². The monoisotopic (exact) mass is 291 g/mol. The Bertz CT molecular complexity index is 822. The zero-order valence-corrected chi connectivity index (χ0v) is 12.4. The fraction of sp³-hybridized carbons (Fsp3) is 0.105. The second kappa shape index (κ2) is 5.90. The Hall–Kier alpha value is -2.81. The number of nitrogens with two attached hydrogens (primary N) is 1. The summed E-state index contributed by atoms with van der Waals surface area (Å²) < 4.78 is 5.82. The van der Waals surface area contributed by atoms with Gasteiger partial charge in [-0.15, -0.1) is 0 Å². The zero-order valence-electron chi connectivity index (χ0n) is 12.4.